The van der Waals surface area contributed by atoms with Crippen LogP contribution in [0.3, 0.4) is 0 Å². The first-order valence-electron chi connectivity index (χ1n) is 9.00. The number of rotatable bonds is 5. The highest BCUT2D eigenvalue weighted by atomic mass is 16.5. The normalized spacial score (nSPS) is 15.5. The molecule has 1 aromatic heterocycles. The van der Waals surface area contributed by atoms with Gasteiger partial charge in [-0.05, 0) is 36.8 Å². The molecule has 2 amide bonds. The van der Waals surface area contributed by atoms with Gasteiger partial charge in [0.15, 0.2) is 0 Å². The van der Waals surface area contributed by atoms with E-state index in [2.05, 4.69) is 0 Å². The molecule has 1 aliphatic rings. The molecule has 0 saturated heterocycles. The number of imide groups is 1. The van der Waals surface area contributed by atoms with Gasteiger partial charge < -0.3 is 14.3 Å². The van der Waals surface area contributed by atoms with Gasteiger partial charge >= 0.3 is 5.97 Å². The van der Waals surface area contributed by atoms with Crippen LogP contribution in [0, 0.1) is 11.3 Å². The lowest BCUT2D eigenvalue weighted by Crippen LogP contribution is -2.44. The minimum absolute atomic E-state index is 0.113. The van der Waals surface area contributed by atoms with E-state index >= 15 is 0 Å². The standard InChI is InChI=1S/C22H18N2O6/c1-13-17(20(26)24(9-10-25)21(27)18(13)12-23)11-14-7-8-19(30-14)15-5-3-4-6-16(15)22(28)29-2/h3-8,11,25H,9-10H2,1-2H3. The lowest BCUT2D eigenvalue weighted by Gasteiger charge is -2.26. The molecular weight excluding hydrogens is 388 g/mol. The van der Waals surface area contributed by atoms with Crippen LogP contribution >= 0.6 is 0 Å². The zero-order chi connectivity index (χ0) is 21.8. The topological polar surface area (TPSA) is 121 Å². The number of aliphatic hydroxyl groups is 1. The van der Waals surface area contributed by atoms with Gasteiger partial charge in [-0.25, -0.2) is 4.79 Å². The summed E-state index contributed by atoms with van der Waals surface area (Å²) in [7, 11) is 1.28. The van der Waals surface area contributed by atoms with Crippen LogP contribution in [-0.2, 0) is 14.3 Å². The number of furan rings is 1. The summed E-state index contributed by atoms with van der Waals surface area (Å²) >= 11 is 0. The molecule has 0 saturated carbocycles. The number of hydrogen-bond donors (Lipinski definition) is 1. The van der Waals surface area contributed by atoms with E-state index in [0.29, 0.717) is 22.6 Å². The molecule has 2 aromatic rings. The van der Waals surface area contributed by atoms with Crippen molar-refractivity contribution in [2.75, 3.05) is 20.3 Å². The lowest BCUT2D eigenvalue weighted by atomic mass is 9.95. The number of hydrogen-bond acceptors (Lipinski definition) is 7. The molecule has 0 aliphatic carbocycles. The van der Waals surface area contributed by atoms with Crippen LogP contribution in [0.15, 0.2) is 57.5 Å². The summed E-state index contributed by atoms with van der Waals surface area (Å²) in [5.74, 6) is -1.20. The highest BCUT2D eigenvalue weighted by Crippen LogP contribution is 2.30. The molecule has 1 N–H and O–H groups in total. The predicted octanol–water partition coefficient (Wildman–Crippen LogP) is 2.32. The van der Waals surface area contributed by atoms with Gasteiger partial charge in [0.2, 0.25) is 0 Å². The third-order valence-electron chi connectivity index (χ3n) is 4.66. The van der Waals surface area contributed by atoms with Crippen molar-refractivity contribution in [3.05, 3.63) is 64.4 Å². The largest absolute Gasteiger partial charge is 0.465 e. The maximum Gasteiger partial charge on any atom is 0.338 e. The molecule has 0 spiro atoms. The highest BCUT2D eigenvalue weighted by molar-refractivity contribution is 6.19. The zero-order valence-electron chi connectivity index (χ0n) is 16.3. The minimum atomic E-state index is -0.738. The van der Waals surface area contributed by atoms with Crippen LogP contribution in [0.25, 0.3) is 17.4 Å². The molecular formula is C22H18N2O6. The van der Waals surface area contributed by atoms with Crippen molar-refractivity contribution in [1.82, 2.24) is 4.90 Å². The fourth-order valence-corrected chi connectivity index (χ4v) is 3.14. The molecule has 0 unspecified atom stereocenters. The first-order chi connectivity index (χ1) is 14.4. The van der Waals surface area contributed by atoms with Crippen molar-refractivity contribution in [3.63, 3.8) is 0 Å². The van der Waals surface area contributed by atoms with Gasteiger partial charge in [-0.2, -0.15) is 5.26 Å². The summed E-state index contributed by atoms with van der Waals surface area (Å²) in [6, 6.07) is 11.8. The van der Waals surface area contributed by atoms with E-state index < -0.39 is 24.4 Å². The zero-order valence-corrected chi connectivity index (χ0v) is 16.3. The average Bonchev–Trinajstić information content (AvgIpc) is 3.22. The smallest absolute Gasteiger partial charge is 0.338 e. The number of β-amino-alcohol motifs (C(OH)–C–C–N with tert-alkyl or cyclic N) is 1. The summed E-state index contributed by atoms with van der Waals surface area (Å²) in [5, 5.41) is 18.5. The van der Waals surface area contributed by atoms with Crippen LogP contribution in [0.4, 0.5) is 0 Å². The van der Waals surface area contributed by atoms with Crippen LogP contribution in [0.2, 0.25) is 0 Å². The Kier molecular flexibility index (Phi) is 5.95. The molecule has 0 radical (unpaired) electrons. The van der Waals surface area contributed by atoms with E-state index in [-0.39, 0.29) is 23.3 Å². The first-order valence-corrected chi connectivity index (χ1v) is 9.00. The van der Waals surface area contributed by atoms with Gasteiger partial charge in [-0.3, -0.25) is 14.5 Å². The number of aliphatic hydroxyl groups excluding tert-OH is 1. The highest BCUT2D eigenvalue weighted by Gasteiger charge is 2.35. The second-order valence-electron chi connectivity index (χ2n) is 6.39. The number of ether oxygens (including phenoxy) is 1. The van der Waals surface area contributed by atoms with Gasteiger partial charge in [-0.1, -0.05) is 18.2 Å². The monoisotopic (exact) mass is 406 g/mol. The molecule has 30 heavy (non-hydrogen) atoms. The van der Waals surface area contributed by atoms with Gasteiger partial charge in [0.25, 0.3) is 11.8 Å². The predicted molar refractivity (Wildman–Crippen MR) is 106 cm³/mol. The molecule has 8 heteroatoms. The SMILES string of the molecule is COC(=O)c1ccccc1-c1ccc(C=C2C(=O)N(CCO)C(=O)C(C#N)=C2C)o1. The van der Waals surface area contributed by atoms with E-state index in [1.807, 2.05) is 6.07 Å². The Hall–Kier alpha value is -3.96. The second-order valence-corrected chi connectivity index (χ2v) is 6.39. The van der Waals surface area contributed by atoms with Gasteiger partial charge in [-0.15, -0.1) is 0 Å². The Morgan fingerprint density at radius 3 is 2.63 bits per heavy atom. The van der Waals surface area contributed by atoms with Gasteiger partial charge in [0.1, 0.15) is 23.2 Å². The fourth-order valence-electron chi connectivity index (χ4n) is 3.14. The number of carbonyl (C=O) groups is 3. The summed E-state index contributed by atoms with van der Waals surface area (Å²) in [6.07, 6.45) is 1.43. The molecule has 1 aromatic carbocycles. The average molecular weight is 406 g/mol. The minimum Gasteiger partial charge on any atom is -0.465 e. The van der Waals surface area contributed by atoms with Crippen molar-refractivity contribution < 1.29 is 28.6 Å². The van der Waals surface area contributed by atoms with Crippen molar-refractivity contribution in [2.45, 2.75) is 6.92 Å². The second kappa shape index (κ2) is 8.59. The third kappa shape index (κ3) is 3.66. The van der Waals surface area contributed by atoms with E-state index in [1.54, 1.807) is 36.4 Å². The third-order valence-corrected chi connectivity index (χ3v) is 4.66. The van der Waals surface area contributed by atoms with Crippen molar-refractivity contribution in [1.29, 1.82) is 5.26 Å². The molecule has 152 valence electrons. The molecule has 0 fully saturated rings. The number of benzene rings is 1. The van der Waals surface area contributed by atoms with E-state index in [4.69, 9.17) is 14.3 Å². The number of esters is 1. The maximum absolute atomic E-state index is 12.7. The van der Waals surface area contributed by atoms with Crippen LogP contribution in [-0.4, -0.2) is 48.1 Å². The Morgan fingerprint density at radius 1 is 1.23 bits per heavy atom. The number of nitriles is 1. The van der Waals surface area contributed by atoms with E-state index in [0.717, 1.165) is 4.90 Å². The van der Waals surface area contributed by atoms with Gasteiger partial charge in [0.05, 0.1) is 25.8 Å². The number of carbonyl (C=O) groups excluding carboxylic acids is 3. The van der Waals surface area contributed by atoms with Crippen LogP contribution in [0.1, 0.15) is 23.0 Å². The van der Waals surface area contributed by atoms with E-state index in [9.17, 15) is 19.6 Å². The number of nitrogens with zero attached hydrogens (tertiary/aromatic N) is 2. The Balaban J connectivity index is 2.05. The molecule has 8 nitrogen and oxygen atoms in total. The maximum atomic E-state index is 12.7. The van der Waals surface area contributed by atoms with Crippen molar-refractivity contribution >= 4 is 23.9 Å². The molecule has 1 aliphatic heterocycles. The molecule has 3 rings (SSSR count). The van der Waals surface area contributed by atoms with E-state index in [1.165, 1.54) is 20.1 Å². The summed E-state index contributed by atoms with van der Waals surface area (Å²) in [5.41, 5.74) is 1.02. The van der Waals surface area contributed by atoms with Crippen molar-refractivity contribution in [3.8, 4) is 17.4 Å². The first kappa shape index (κ1) is 20.8. The Bertz CT molecular complexity index is 1130. The van der Waals surface area contributed by atoms with Crippen molar-refractivity contribution in [2.24, 2.45) is 0 Å². The van der Waals surface area contributed by atoms with Crippen LogP contribution in [0.5, 0.6) is 0 Å². The molecule has 2 heterocycles. The number of amides is 2. The number of methoxy groups -OCH3 is 1. The summed E-state index contributed by atoms with van der Waals surface area (Å²) < 4.78 is 10.6. The van der Waals surface area contributed by atoms with Gasteiger partial charge in [0, 0.05) is 11.1 Å². The molecule has 0 atom stereocenters. The Morgan fingerprint density at radius 2 is 1.97 bits per heavy atom. The Labute approximate surface area is 172 Å². The fraction of sp³-hybridized carbons (Fsp3) is 0.182. The van der Waals surface area contributed by atoms with Crippen LogP contribution < -0.4 is 0 Å². The molecule has 0 bridgehead atoms. The quantitative estimate of drug-likeness (QED) is 0.459. The summed E-state index contributed by atoms with van der Waals surface area (Å²) in [6.45, 7) is 0.869. The summed E-state index contributed by atoms with van der Waals surface area (Å²) in [4.78, 5) is 37.9. The lowest BCUT2D eigenvalue weighted by molar-refractivity contribution is -0.141.